The Labute approximate surface area is 122 Å². The molecule has 0 heterocycles. The molecule has 6 nitrogen and oxygen atoms in total. The number of carboxylic acids is 1. The smallest absolute Gasteiger partial charge is 0.317 e. The fourth-order valence-electron chi connectivity index (χ4n) is 1.72. The van der Waals surface area contributed by atoms with E-state index in [4.69, 9.17) is 9.84 Å². The van der Waals surface area contributed by atoms with Gasteiger partial charge in [0.25, 0.3) is 0 Å². The maximum atomic E-state index is 13.4. The zero-order valence-electron chi connectivity index (χ0n) is 11.8. The van der Waals surface area contributed by atoms with E-state index in [-0.39, 0.29) is 31.1 Å². The molecule has 0 saturated carbocycles. The lowest BCUT2D eigenvalue weighted by molar-refractivity contribution is -0.138. The van der Waals surface area contributed by atoms with Crippen molar-refractivity contribution in [3.63, 3.8) is 0 Å². The summed E-state index contributed by atoms with van der Waals surface area (Å²) in [5.41, 5.74) is 0.115. The molecule has 21 heavy (non-hydrogen) atoms. The predicted octanol–water partition coefficient (Wildman–Crippen LogP) is 1.19. The number of hydrogen-bond acceptors (Lipinski definition) is 4. The molecule has 1 amide bonds. The van der Waals surface area contributed by atoms with Crippen molar-refractivity contribution in [3.8, 4) is 0 Å². The topological polar surface area (TPSA) is 78.9 Å². The summed E-state index contributed by atoms with van der Waals surface area (Å²) >= 11 is 0. The van der Waals surface area contributed by atoms with Crippen LogP contribution in [0.3, 0.4) is 0 Å². The summed E-state index contributed by atoms with van der Waals surface area (Å²) in [5, 5.41) is 11.2. The highest BCUT2D eigenvalue weighted by Gasteiger charge is 2.12. The van der Waals surface area contributed by atoms with Gasteiger partial charge in [0, 0.05) is 26.6 Å². The molecule has 0 bridgehead atoms. The standard InChI is InChI=1S/C14H19FN2O4/c1-21-9-8-17(10-14(19)20)7-6-13(18)16-12-5-3-2-4-11(12)15/h2-5H,6-10H2,1H3,(H,16,18)(H,19,20). The molecule has 0 aliphatic heterocycles. The van der Waals surface area contributed by atoms with E-state index in [2.05, 4.69) is 5.32 Å². The molecule has 0 radical (unpaired) electrons. The molecule has 0 atom stereocenters. The van der Waals surface area contributed by atoms with Gasteiger partial charge in [-0.1, -0.05) is 12.1 Å². The Balaban J connectivity index is 2.45. The van der Waals surface area contributed by atoms with Crippen LogP contribution in [0.1, 0.15) is 6.42 Å². The number of nitrogens with zero attached hydrogens (tertiary/aromatic N) is 1. The number of para-hydroxylation sites is 1. The molecule has 0 spiro atoms. The van der Waals surface area contributed by atoms with Crippen LogP contribution in [0.25, 0.3) is 0 Å². The first-order valence-corrected chi connectivity index (χ1v) is 6.50. The van der Waals surface area contributed by atoms with Crippen molar-refractivity contribution in [1.29, 1.82) is 0 Å². The average Bonchev–Trinajstić information content (AvgIpc) is 2.44. The van der Waals surface area contributed by atoms with Crippen LogP contribution < -0.4 is 5.32 Å². The summed E-state index contributed by atoms with van der Waals surface area (Å²) in [6.45, 7) is 0.879. The van der Waals surface area contributed by atoms with Gasteiger partial charge in [0.1, 0.15) is 5.82 Å². The number of nitrogens with one attached hydrogen (secondary N) is 1. The number of carbonyl (C=O) groups excluding carboxylic acids is 1. The van der Waals surface area contributed by atoms with E-state index in [1.54, 1.807) is 11.0 Å². The minimum atomic E-state index is -0.972. The number of hydrogen-bond donors (Lipinski definition) is 2. The van der Waals surface area contributed by atoms with Gasteiger partial charge in [-0.05, 0) is 12.1 Å². The van der Waals surface area contributed by atoms with E-state index in [1.807, 2.05) is 0 Å². The highest BCUT2D eigenvalue weighted by molar-refractivity contribution is 5.90. The molecule has 0 fully saturated rings. The van der Waals surface area contributed by atoms with Gasteiger partial charge in [-0.25, -0.2) is 4.39 Å². The van der Waals surface area contributed by atoms with E-state index in [0.29, 0.717) is 13.2 Å². The highest BCUT2D eigenvalue weighted by Crippen LogP contribution is 2.12. The highest BCUT2D eigenvalue weighted by atomic mass is 19.1. The lowest BCUT2D eigenvalue weighted by atomic mass is 10.3. The third-order valence-corrected chi connectivity index (χ3v) is 2.77. The molecule has 0 aromatic heterocycles. The van der Waals surface area contributed by atoms with Crippen LogP contribution in [0.5, 0.6) is 0 Å². The molecule has 1 aromatic carbocycles. The van der Waals surface area contributed by atoms with E-state index in [0.717, 1.165) is 0 Å². The number of rotatable bonds is 9. The van der Waals surface area contributed by atoms with Crippen LogP contribution in [0.4, 0.5) is 10.1 Å². The predicted molar refractivity (Wildman–Crippen MR) is 75.6 cm³/mol. The second-order valence-electron chi connectivity index (χ2n) is 4.44. The van der Waals surface area contributed by atoms with Gasteiger partial charge in [-0.2, -0.15) is 0 Å². The minimum Gasteiger partial charge on any atom is -0.480 e. The number of carboxylic acid groups (broad SMARTS) is 1. The Morgan fingerprint density at radius 1 is 1.33 bits per heavy atom. The van der Waals surface area contributed by atoms with Crippen LogP contribution in [-0.4, -0.2) is 55.2 Å². The second kappa shape index (κ2) is 9.04. The van der Waals surface area contributed by atoms with Crippen molar-refractivity contribution in [3.05, 3.63) is 30.1 Å². The first-order valence-electron chi connectivity index (χ1n) is 6.50. The second-order valence-corrected chi connectivity index (χ2v) is 4.44. The van der Waals surface area contributed by atoms with Crippen molar-refractivity contribution < 1.29 is 23.8 Å². The van der Waals surface area contributed by atoms with Gasteiger partial charge in [0.2, 0.25) is 5.91 Å². The van der Waals surface area contributed by atoms with E-state index in [1.165, 1.54) is 25.3 Å². The Bertz CT molecular complexity index is 482. The van der Waals surface area contributed by atoms with Crippen molar-refractivity contribution >= 4 is 17.6 Å². The van der Waals surface area contributed by atoms with Gasteiger partial charge >= 0.3 is 5.97 Å². The number of anilines is 1. The number of amides is 1. The van der Waals surface area contributed by atoms with Crippen LogP contribution in [0, 0.1) is 5.82 Å². The Morgan fingerprint density at radius 3 is 2.67 bits per heavy atom. The first kappa shape index (κ1) is 17.1. The Hall–Kier alpha value is -1.99. The molecule has 7 heteroatoms. The minimum absolute atomic E-state index is 0.0747. The number of halogens is 1. The first-order chi connectivity index (χ1) is 10.0. The molecule has 0 aliphatic carbocycles. The van der Waals surface area contributed by atoms with Crippen molar-refractivity contribution in [2.45, 2.75) is 6.42 Å². The van der Waals surface area contributed by atoms with Gasteiger partial charge in [-0.15, -0.1) is 0 Å². The third-order valence-electron chi connectivity index (χ3n) is 2.77. The zero-order chi connectivity index (χ0) is 15.7. The van der Waals surface area contributed by atoms with Crippen LogP contribution in [0.15, 0.2) is 24.3 Å². The monoisotopic (exact) mass is 298 g/mol. The lowest BCUT2D eigenvalue weighted by Gasteiger charge is -2.19. The molecule has 0 unspecified atom stereocenters. The largest absolute Gasteiger partial charge is 0.480 e. The molecular weight excluding hydrogens is 279 g/mol. The van der Waals surface area contributed by atoms with Crippen LogP contribution in [0.2, 0.25) is 0 Å². The van der Waals surface area contributed by atoms with Gasteiger partial charge < -0.3 is 15.2 Å². The summed E-state index contributed by atoms with van der Waals surface area (Å²) in [7, 11) is 1.52. The van der Waals surface area contributed by atoms with E-state index < -0.39 is 11.8 Å². The normalized spacial score (nSPS) is 10.6. The Kier molecular flexibility index (Phi) is 7.34. The van der Waals surface area contributed by atoms with Crippen molar-refractivity contribution in [1.82, 2.24) is 4.90 Å². The maximum absolute atomic E-state index is 13.4. The number of ether oxygens (including phenoxy) is 1. The third kappa shape index (κ3) is 6.82. The number of methoxy groups -OCH3 is 1. The SMILES string of the molecule is COCCN(CCC(=O)Nc1ccccc1F)CC(=O)O. The molecule has 1 aromatic rings. The maximum Gasteiger partial charge on any atom is 0.317 e. The zero-order valence-corrected chi connectivity index (χ0v) is 11.8. The summed E-state index contributed by atoms with van der Waals surface area (Å²) in [6.07, 6.45) is 0.0747. The summed E-state index contributed by atoms with van der Waals surface area (Å²) in [4.78, 5) is 24.1. The fourth-order valence-corrected chi connectivity index (χ4v) is 1.72. The van der Waals surface area contributed by atoms with Gasteiger partial charge in [0.05, 0.1) is 18.8 Å². The molecule has 0 aliphatic rings. The summed E-state index contributed by atoms with van der Waals surface area (Å²) in [5.74, 6) is -1.85. The van der Waals surface area contributed by atoms with E-state index >= 15 is 0 Å². The lowest BCUT2D eigenvalue weighted by Crippen LogP contribution is -2.35. The number of aliphatic carboxylic acids is 1. The molecule has 0 saturated heterocycles. The molecule has 2 N–H and O–H groups in total. The summed E-state index contributed by atoms with van der Waals surface area (Å²) < 4.78 is 18.3. The van der Waals surface area contributed by atoms with Crippen LogP contribution >= 0.6 is 0 Å². The van der Waals surface area contributed by atoms with Crippen molar-refractivity contribution in [2.24, 2.45) is 0 Å². The van der Waals surface area contributed by atoms with Crippen molar-refractivity contribution in [2.75, 3.05) is 38.7 Å². The van der Waals surface area contributed by atoms with Gasteiger partial charge in [-0.3, -0.25) is 14.5 Å². The van der Waals surface area contributed by atoms with Gasteiger partial charge in [0.15, 0.2) is 0 Å². The molecular formula is C14H19FN2O4. The fraction of sp³-hybridized carbons (Fsp3) is 0.429. The van der Waals surface area contributed by atoms with Crippen LogP contribution in [-0.2, 0) is 14.3 Å². The number of benzene rings is 1. The molecule has 116 valence electrons. The quantitative estimate of drug-likeness (QED) is 0.716. The summed E-state index contributed by atoms with van der Waals surface area (Å²) in [6, 6.07) is 5.87. The average molecular weight is 298 g/mol. The number of carbonyl (C=O) groups is 2. The van der Waals surface area contributed by atoms with E-state index in [9.17, 15) is 14.0 Å². The molecule has 1 rings (SSSR count). The Morgan fingerprint density at radius 2 is 2.05 bits per heavy atom.